The van der Waals surface area contributed by atoms with Crippen LogP contribution >= 0.6 is 0 Å². The van der Waals surface area contributed by atoms with Crippen LogP contribution in [0.3, 0.4) is 0 Å². The molecule has 2 fully saturated rings. The van der Waals surface area contributed by atoms with Crippen molar-refractivity contribution in [2.24, 2.45) is 16.3 Å². The van der Waals surface area contributed by atoms with Gasteiger partial charge in [0.05, 0.1) is 24.4 Å². The maximum absolute atomic E-state index is 12.7. The van der Waals surface area contributed by atoms with E-state index < -0.39 is 0 Å². The number of rotatable bonds is 6. The van der Waals surface area contributed by atoms with Gasteiger partial charge in [0.2, 0.25) is 5.91 Å². The molecule has 2 unspecified atom stereocenters. The maximum atomic E-state index is 12.7. The molecule has 3 N–H and O–H groups in total. The summed E-state index contributed by atoms with van der Waals surface area (Å²) in [6.45, 7) is 5.29. The van der Waals surface area contributed by atoms with Crippen LogP contribution in [0.5, 0.6) is 5.75 Å². The van der Waals surface area contributed by atoms with Gasteiger partial charge in [-0.25, -0.2) is 4.99 Å². The Kier molecular flexibility index (Phi) is 6.28. The Morgan fingerprint density at radius 3 is 2.68 bits per heavy atom. The Balaban J connectivity index is 1.13. The summed E-state index contributed by atoms with van der Waals surface area (Å²) in [5.74, 6) is 1.57. The molecule has 0 radical (unpaired) electrons. The van der Waals surface area contributed by atoms with E-state index in [1.807, 2.05) is 30.3 Å². The van der Waals surface area contributed by atoms with Gasteiger partial charge >= 0.3 is 0 Å². The number of amides is 1. The number of allylic oxidation sites excluding steroid dienone is 1. The lowest BCUT2D eigenvalue weighted by Crippen LogP contribution is -2.31. The third-order valence-electron chi connectivity index (χ3n) is 7.34. The van der Waals surface area contributed by atoms with Crippen LogP contribution in [0.15, 0.2) is 65.4 Å². The van der Waals surface area contributed by atoms with E-state index in [0.717, 1.165) is 44.3 Å². The van der Waals surface area contributed by atoms with E-state index in [0.29, 0.717) is 23.2 Å². The van der Waals surface area contributed by atoms with Gasteiger partial charge in [-0.3, -0.25) is 9.69 Å². The molecular weight excluding hydrogens is 426 g/mol. The smallest absolute Gasteiger partial charge is 0.233 e. The van der Waals surface area contributed by atoms with Gasteiger partial charge in [0, 0.05) is 37.8 Å². The molecule has 7 heteroatoms. The summed E-state index contributed by atoms with van der Waals surface area (Å²) < 4.78 is 5.27. The van der Waals surface area contributed by atoms with E-state index in [1.165, 1.54) is 18.4 Å². The highest BCUT2D eigenvalue weighted by molar-refractivity contribution is 6.03. The van der Waals surface area contributed by atoms with Gasteiger partial charge in [-0.05, 0) is 61.7 Å². The molecule has 3 heterocycles. The molecule has 3 aliphatic rings. The van der Waals surface area contributed by atoms with E-state index in [2.05, 4.69) is 38.3 Å². The molecule has 34 heavy (non-hydrogen) atoms. The minimum Gasteiger partial charge on any atom is -0.497 e. The zero-order valence-electron chi connectivity index (χ0n) is 19.7. The zero-order valence-corrected chi connectivity index (χ0v) is 19.7. The van der Waals surface area contributed by atoms with Crippen molar-refractivity contribution in [3.63, 3.8) is 0 Å². The molecule has 7 nitrogen and oxygen atoms in total. The monoisotopic (exact) mass is 459 g/mol. The van der Waals surface area contributed by atoms with Crippen LogP contribution in [-0.2, 0) is 11.3 Å². The van der Waals surface area contributed by atoms with Gasteiger partial charge in [0.25, 0.3) is 0 Å². The third-order valence-corrected chi connectivity index (χ3v) is 7.34. The first kappa shape index (κ1) is 22.5. The summed E-state index contributed by atoms with van der Waals surface area (Å²) >= 11 is 0. The minimum atomic E-state index is -0.272. The van der Waals surface area contributed by atoms with Crippen molar-refractivity contribution < 1.29 is 9.53 Å². The lowest BCUT2D eigenvalue weighted by atomic mass is 9.86. The second-order valence-corrected chi connectivity index (χ2v) is 9.74. The molecule has 178 valence electrons. The molecule has 1 spiro atoms. The standard InChI is InChI=1S/C27H33N5O2/c1-34-22-9-6-20(7-10-22)17-31-14-12-27(18-31)13-15-32(19-27)25-11-8-21(16-29-25)26(33)30-24-5-3-2-4-23(24)28/h2-7,9-11,16,21H,8,12-15,17-19,28H2,1H3,(H,30,33). The van der Waals surface area contributed by atoms with Crippen LogP contribution in [0.25, 0.3) is 0 Å². The van der Waals surface area contributed by atoms with Crippen molar-refractivity contribution in [2.75, 3.05) is 44.3 Å². The third kappa shape index (κ3) is 4.80. The van der Waals surface area contributed by atoms with Crippen LogP contribution in [0.4, 0.5) is 11.4 Å². The Morgan fingerprint density at radius 1 is 1.15 bits per heavy atom. The fourth-order valence-corrected chi connectivity index (χ4v) is 5.35. The van der Waals surface area contributed by atoms with Crippen LogP contribution < -0.4 is 15.8 Å². The summed E-state index contributed by atoms with van der Waals surface area (Å²) in [7, 11) is 1.70. The topological polar surface area (TPSA) is 83.2 Å². The Labute approximate surface area is 201 Å². The number of nitrogens with two attached hydrogens (primary N) is 1. The van der Waals surface area contributed by atoms with Crippen molar-refractivity contribution in [1.29, 1.82) is 0 Å². The Morgan fingerprint density at radius 2 is 1.94 bits per heavy atom. The molecular formula is C27H33N5O2. The van der Waals surface area contributed by atoms with Crippen LogP contribution in [0.1, 0.15) is 24.8 Å². The highest BCUT2D eigenvalue weighted by atomic mass is 16.5. The van der Waals surface area contributed by atoms with Crippen molar-refractivity contribution in [2.45, 2.75) is 25.8 Å². The second kappa shape index (κ2) is 9.50. The number of anilines is 2. The first-order chi connectivity index (χ1) is 16.5. The van der Waals surface area contributed by atoms with E-state index in [4.69, 9.17) is 10.5 Å². The number of methoxy groups -OCH3 is 1. The highest BCUT2D eigenvalue weighted by Gasteiger charge is 2.44. The molecule has 1 amide bonds. The van der Waals surface area contributed by atoms with E-state index in [-0.39, 0.29) is 11.8 Å². The lowest BCUT2D eigenvalue weighted by molar-refractivity contribution is -0.117. The van der Waals surface area contributed by atoms with E-state index in [9.17, 15) is 4.79 Å². The van der Waals surface area contributed by atoms with Crippen LogP contribution in [-0.4, -0.2) is 55.2 Å². The number of carbonyl (C=O) groups excluding carboxylic acids is 1. The van der Waals surface area contributed by atoms with E-state index in [1.54, 1.807) is 19.4 Å². The van der Waals surface area contributed by atoms with Gasteiger partial charge in [-0.1, -0.05) is 24.3 Å². The second-order valence-electron chi connectivity index (χ2n) is 9.74. The van der Waals surface area contributed by atoms with Gasteiger partial charge in [-0.2, -0.15) is 0 Å². The van der Waals surface area contributed by atoms with Crippen LogP contribution in [0.2, 0.25) is 0 Å². The first-order valence-corrected chi connectivity index (χ1v) is 12.0. The van der Waals surface area contributed by atoms with E-state index >= 15 is 0 Å². The number of aliphatic imine (C=N–C) groups is 1. The van der Waals surface area contributed by atoms with Crippen molar-refractivity contribution in [1.82, 2.24) is 9.80 Å². The minimum absolute atomic E-state index is 0.0696. The Hall–Kier alpha value is -3.32. The summed E-state index contributed by atoms with van der Waals surface area (Å²) in [4.78, 5) is 22.3. The molecule has 3 aliphatic heterocycles. The number of nitrogens with one attached hydrogen (secondary N) is 1. The number of hydrogen-bond donors (Lipinski definition) is 2. The van der Waals surface area contributed by atoms with Gasteiger partial charge in [-0.15, -0.1) is 0 Å². The quantitative estimate of drug-likeness (QED) is 0.643. The van der Waals surface area contributed by atoms with Crippen molar-refractivity contribution >= 4 is 23.5 Å². The molecule has 2 saturated heterocycles. The summed E-state index contributed by atoms with van der Waals surface area (Å²) in [5.41, 5.74) is 8.83. The molecule has 2 aromatic carbocycles. The number of ether oxygens (including phenoxy) is 1. The molecule has 2 aromatic rings. The van der Waals surface area contributed by atoms with Crippen LogP contribution in [0, 0.1) is 11.3 Å². The van der Waals surface area contributed by atoms with Gasteiger partial charge in [0.15, 0.2) is 0 Å². The fraction of sp³-hybridized carbons (Fsp3) is 0.407. The normalized spacial score (nSPS) is 24.4. The first-order valence-electron chi connectivity index (χ1n) is 12.0. The molecule has 0 aromatic heterocycles. The summed E-state index contributed by atoms with van der Waals surface area (Å²) in [5, 5.41) is 2.92. The fourth-order valence-electron chi connectivity index (χ4n) is 5.35. The molecule has 0 aliphatic carbocycles. The average molecular weight is 460 g/mol. The van der Waals surface area contributed by atoms with Gasteiger partial charge in [0.1, 0.15) is 11.6 Å². The van der Waals surface area contributed by atoms with Gasteiger partial charge < -0.3 is 20.7 Å². The Bertz CT molecular complexity index is 1100. The number of carbonyl (C=O) groups is 1. The number of benzene rings is 2. The molecule has 5 rings (SSSR count). The zero-order chi connectivity index (χ0) is 23.5. The highest BCUT2D eigenvalue weighted by Crippen LogP contribution is 2.41. The number of para-hydroxylation sites is 2. The lowest BCUT2D eigenvalue weighted by Gasteiger charge is -2.27. The predicted molar refractivity (Wildman–Crippen MR) is 136 cm³/mol. The SMILES string of the molecule is COc1ccc(CN2CCC3(CCN(C4=CCC(C(=O)Nc5ccccc5N)C=N4)C3)C2)cc1. The van der Waals surface area contributed by atoms with Crippen molar-refractivity contribution in [3.05, 3.63) is 66.0 Å². The summed E-state index contributed by atoms with van der Waals surface area (Å²) in [6.07, 6.45) is 6.97. The summed E-state index contributed by atoms with van der Waals surface area (Å²) in [6, 6.07) is 15.7. The number of likely N-dealkylation sites (tertiary alicyclic amines) is 2. The largest absolute Gasteiger partial charge is 0.497 e. The molecule has 0 bridgehead atoms. The molecule has 2 atom stereocenters. The predicted octanol–water partition coefficient (Wildman–Crippen LogP) is 3.75. The average Bonchev–Trinajstić information content (AvgIpc) is 3.47. The maximum Gasteiger partial charge on any atom is 0.233 e. The molecule has 0 saturated carbocycles. The van der Waals surface area contributed by atoms with Crippen molar-refractivity contribution in [3.8, 4) is 5.75 Å². The number of nitrogens with zero attached hydrogens (tertiary/aromatic N) is 3. The number of hydrogen-bond acceptors (Lipinski definition) is 6. The number of nitrogen functional groups attached to an aromatic ring is 1.